The van der Waals surface area contributed by atoms with E-state index >= 15 is 0 Å². The van der Waals surface area contributed by atoms with Gasteiger partial charge in [0.05, 0.1) is 11.3 Å². The van der Waals surface area contributed by atoms with E-state index in [-0.39, 0.29) is 16.9 Å². The minimum absolute atomic E-state index is 0.0369. The molecule has 4 N–H and O–H groups in total. The minimum Gasteiger partial charge on any atom is -0.478 e. The molecule has 0 aliphatic rings. The first-order valence-electron chi connectivity index (χ1n) is 5.32. The summed E-state index contributed by atoms with van der Waals surface area (Å²) in [4.78, 5) is 10.8. The van der Waals surface area contributed by atoms with Crippen molar-refractivity contribution < 1.29 is 18.7 Å². The van der Waals surface area contributed by atoms with Gasteiger partial charge in [-0.25, -0.2) is 13.6 Å². The Bertz CT molecular complexity index is 645. The Labute approximate surface area is 107 Å². The summed E-state index contributed by atoms with van der Waals surface area (Å²) >= 11 is 0. The quantitative estimate of drug-likeness (QED) is 0.745. The summed E-state index contributed by atoms with van der Waals surface area (Å²) in [5, 5.41) is 11.5. The molecule has 0 aliphatic carbocycles. The molecule has 4 nitrogen and oxygen atoms in total. The van der Waals surface area contributed by atoms with Crippen molar-refractivity contribution in [3.8, 4) is 0 Å². The van der Waals surface area contributed by atoms with Gasteiger partial charge in [0.25, 0.3) is 0 Å². The largest absolute Gasteiger partial charge is 0.478 e. The molecule has 0 aliphatic heterocycles. The van der Waals surface area contributed by atoms with E-state index in [4.69, 9.17) is 10.8 Å². The summed E-state index contributed by atoms with van der Waals surface area (Å²) < 4.78 is 26.2. The number of nitrogen functional groups attached to an aromatic ring is 1. The third-order valence-corrected chi connectivity index (χ3v) is 2.49. The highest BCUT2D eigenvalue weighted by molar-refractivity contribution is 5.94. The number of aromatic carboxylic acids is 1. The van der Waals surface area contributed by atoms with Crippen LogP contribution in [0.4, 0.5) is 25.8 Å². The fourth-order valence-electron chi connectivity index (χ4n) is 1.58. The Morgan fingerprint density at radius 2 is 1.89 bits per heavy atom. The zero-order valence-electron chi connectivity index (χ0n) is 9.65. The van der Waals surface area contributed by atoms with Crippen LogP contribution in [0.3, 0.4) is 0 Å². The van der Waals surface area contributed by atoms with Crippen LogP contribution in [0, 0.1) is 11.6 Å². The van der Waals surface area contributed by atoms with Crippen molar-refractivity contribution in [2.24, 2.45) is 0 Å². The van der Waals surface area contributed by atoms with Crippen molar-refractivity contribution in [2.75, 3.05) is 11.1 Å². The summed E-state index contributed by atoms with van der Waals surface area (Å²) in [5.74, 6) is -2.57. The van der Waals surface area contributed by atoms with Crippen LogP contribution in [-0.4, -0.2) is 11.1 Å². The van der Waals surface area contributed by atoms with Gasteiger partial charge in [0.1, 0.15) is 11.6 Å². The highest BCUT2D eigenvalue weighted by Crippen LogP contribution is 2.24. The molecule has 0 saturated carbocycles. The van der Waals surface area contributed by atoms with Gasteiger partial charge in [-0.05, 0) is 30.3 Å². The smallest absolute Gasteiger partial charge is 0.337 e. The zero-order chi connectivity index (χ0) is 14.0. The maximum atomic E-state index is 13.4. The first kappa shape index (κ1) is 12.8. The predicted octanol–water partition coefficient (Wildman–Crippen LogP) is 2.99. The number of anilines is 3. The number of rotatable bonds is 3. The lowest BCUT2D eigenvalue weighted by Crippen LogP contribution is -2.03. The van der Waals surface area contributed by atoms with E-state index in [2.05, 4.69) is 5.32 Å². The predicted molar refractivity (Wildman–Crippen MR) is 67.5 cm³/mol. The van der Waals surface area contributed by atoms with E-state index in [9.17, 15) is 13.6 Å². The fraction of sp³-hybridized carbons (Fsp3) is 0. The minimum atomic E-state index is -1.14. The van der Waals surface area contributed by atoms with Crippen molar-refractivity contribution in [1.29, 1.82) is 0 Å². The van der Waals surface area contributed by atoms with Gasteiger partial charge < -0.3 is 16.2 Å². The van der Waals surface area contributed by atoms with Crippen LogP contribution in [0.2, 0.25) is 0 Å². The van der Waals surface area contributed by atoms with Gasteiger partial charge in [-0.2, -0.15) is 0 Å². The maximum absolute atomic E-state index is 13.4. The molecule has 2 aromatic rings. The van der Waals surface area contributed by atoms with Gasteiger partial charge in [-0.3, -0.25) is 0 Å². The molecule has 0 unspecified atom stereocenters. The lowest BCUT2D eigenvalue weighted by molar-refractivity contribution is 0.0698. The van der Waals surface area contributed by atoms with Crippen LogP contribution in [-0.2, 0) is 0 Å². The number of nitrogens with two attached hydrogens (primary N) is 1. The molecule has 0 spiro atoms. The molecular formula is C13H10F2N2O2. The molecule has 0 saturated heterocycles. The van der Waals surface area contributed by atoms with Gasteiger partial charge in [-0.15, -0.1) is 0 Å². The normalized spacial score (nSPS) is 10.2. The van der Waals surface area contributed by atoms with E-state index in [0.29, 0.717) is 5.69 Å². The topological polar surface area (TPSA) is 75.3 Å². The molecule has 0 aromatic heterocycles. The van der Waals surface area contributed by atoms with Crippen LogP contribution in [0.1, 0.15) is 10.4 Å². The standard InChI is InChI=1S/C13H10F2N2O2/c14-7-1-4-12(10(15)5-7)17-8-2-3-9(13(18)19)11(16)6-8/h1-6,17H,16H2,(H,18,19). The Kier molecular flexibility index (Phi) is 3.33. The zero-order valence-corrected chi connectivity index (χ0v) is 9.65. The number of halogens is 2. The first-order valence-corrected chi connectivity index (χ1v) is 5.32. The molecule has 98 valence electrons. The fourth-order valence-corrected chi connectivity index (χ4v) is 1.58. The van der Waals surface area contributed by atoms with Gasteiger partial charge >= 0.3 is 5.97 Å². The number of benzene rings is 2. The molecule has 6 heteroatoms. The summed E-state index contributed by atoms with van der Waals surface area (Å²) in [7, 11) is 0. The van der Waals surface area contributed by atoms with Crippen LogP contribution in [0.5, 0.6) is 0 Å². The van der Waals surface area contributed by atoms with E-state index in [1.54, 1.807) is 0 Å². The van der Waals surface area contributed by atoms with Crippen molar-refractivity contribution >= 4 is 23.0 Å². The molecule has 0 bridgehead atoms. The molecule has 0 amide bonds. The third-order valence-electron chi connectivity index (χ3n) is 2.49. The number of carboxylic acids is 1. The van der Waals surface area contributed by atoms with Crippen molar-refractivity contribution in [3.05, 3.63) is 53.6 Å². The van der Waals surface area contributed by atoms with Crippen LogP contribution >= 0.6 is 0 Å². The van der Waals surface area contributed by atoms with E-state index < -0.39 is 17.6 Å². The molecule has 0 fully saturated rings. The number of hydrogen-bond acceptors (Lipinski definition) is 3. The van der Waals surface area contributed by atoms with Crippen molar-refractivity contribution in [2.45, 2.75) is 0 Å². The molecule has 2 aromatic carbocycles. The molecule has 2 rings (SSSR count). The van der Waals surface area contributed by atoms with Crippen molar-refractivity contribution in [1.82, 2.24) is 0 Å². The van der Waals surface area contributed by atoms with Crippen LogP contribution < -0.4 is 11.1 Å². The van der Waals surface area contributed by atoms with E-state index in [0.717, 1.165) is 12.1 Å². The molecule has 0 radical (unpaired) electrons. The molecule has 19 heavy (non-hydrogen) atoms. The third kappa shape index (κ3) is 2.79. The van der Waals surface area contributed by atoms with Crippen LogP contribution in [0.25, 0.3) is 0 Å². The summed E-state index contributed by atoms with van der Waals surface area (Å²) in [5.41, 5.74) is 6.07. The average Bonchev–Trinajstić information content (AvgIpc) is 2.32. The lowest BCUT2D eigenvalue weighted by atomic mass is 10.1. The Balaban J connectivity index is 2.29. The monoisotopic (exact) mass is 264 g/mol. The Morgan fingerprint density at radius 3 is 2.47 bits per heavy atom. The second kappa shape index (κ2) is 4.93. The number of carbonyl (C=O) groups is 1. The SMILES string of the molecule is Nc1cc(Nc2ccc(F)cc2F)ccc1C(=O)O. The van der Waals surface area contributed by atoms with E-state index in [1.807, 2.05) is 0 Å². The second-order valence-corrected chi connectivity index (χ2v) is 3.86. The highest BCUT2D eigenvalue weighted by Gasteiger charge is 2.09. The lowest BCUT2D eigenvalue weighted by Gasteiger charge is -2.09. The summed E-state index contributed by atoms with van der Waals surface area (Å²) in [6, 6.07) is 7.22. The summed E-state index contributed by atoms with van der Waals surface area (Å²) in [6.07, 6.45) is 0. The first-order chi connectivity index (χ1) is 8.97. The number of carboxylic acid groups (broad SMARTS) is 1. The Hall–Kier alpha value is -2.63. The van der Waals surface area contributed by atoms with Crippen molar-refractivity contribution in [3.63, 3.8) is 0 Å². The summed E-state index contributed by atoms with van der Waals surface area (Å²) in [6.45, 7) is 0. The molecule has 0 heterocycles. The van der Waals surface area contributed by atoms with Gasteiger partial charge in [0.2, 0.25) is 0 Å². The second-order valence-electron chi connectivity index (χ2n) is 3.86. The molecular weight excluding hydrogens is 254 g/mol. The maximum Gasteiger partial charge on any atom is 0.337 e. The average molecular weight is 264 g/mol. The number of hydrogen-bond donors (Lipinski definition) is 3. The van der Waals surface area contributed by atoms with E-state index in [1.165, 1.54) is 24.3 Å². The Morgan fingerprint density at radius 1 is 1.16 bits per heavy atom. The molecule has 0 atom stereocenters. The van der Waals surface area contributed by atoms with Gasteiger partial charge in [-0.1, -0.05) is 0 Å². The highest BCUT2D eigenvalue weighted by atomic mass is 19.1. The van der Waals surface area contributed by atoms with Gasteiger partial charge in [0.15, 0.2) is 0 Å². The van der Waals surface area contributed by atoms with Gasteiger partial charge in [0, 0.05) is 17.4 Å². The number of nitrogens with one attached hydrogen (secondary N) is 1. The van der Waals surface area contributed by atoms with Crippen LogP contribution in [0.15, 0.2) is 36.4 Å².